The molecule has 0 radical (unpaired) electrons. The molecule has 4 heteroatoms. The summed E-state index contributed by atoms with van der Waals surface area (Å²) in [6.07, 6.45) is 0. The second-order valence-corrected chi connectivity index (χ2v) is 4.17. The maximum absolute atomic E-state index is 8.51. The molecule has 0 atom stereocenters. The van der Waals surface area contributed by atoms with Crippen LogP contribution in [0.15, 0.2) is 30.3 Å². The van der Waals surface area contributed by atoms with Gasteiger partial charge in [0.25, 0.3) is 0 Å². The molecule has 0 aromatic heterocycles. The molecule has 0 heterocycles. The highest BCUT2D eigenvalue weighted by Gasteiger charge is 1.99. The molecule has 0 amide bonds. The van der Waals surface area contributed by atoms with Crippen molar-refractivity contribution in [3.05, 3.63) is 35.9 Å². The fourth-order valence-electron chi connectivity index (χ4n) is 1.58. The molecular weight excluding hydrogens is 230 g/mol. The van der Waals surface area contributed by atoms with Gasteiger partial charge < -0.3 is 14.6 Å². The first-order chi connectivity index (χ1) is 8.83. The van der Waals surface area contributed by atoms with Gasteiger partial charge in [-0.1, -0.05) is 30.3 Å². The molecule has 0 spiro atoms. The summed E-state index contributed by atoms with van der Waals surface area (Å²) in [5.41, 5.74) is 1.31. The van der Waals surface area contributed by atoms with E-state index in [0.29, 0.717) is 26.4 Å². The second kappa shape index (κ2) is 10.0. The number of aliphatic hydroxyl groups is 1. The van der Waals surface area contributed by atoms with Gasteiger partial charge in [0, 0.05) is 13.1 Å². The lowest BCUT2D eigenvalue weighted by Crippen LogP contribution is -2.23. The zero-order valence-corrected chi connectivity index (χ0v) is 11.0. The molecule has 0 bridgehead atoms. The molecular formula is C14H23NO3. The molecule has 1 aromatic carbocycles. The Bertz CT molecular complexity index is 292. The van der Waals surface area contributed by atoms with Crippen molar-refractivity contribution in [2.75, 3.05) is 46.6 Å². The van der Waals surface area contributed by atoms with Gasteiger partial charge in [-0.05, 0) is 12.6 Å². The number of hydrogen-bond donors (Lipinski definition) is 1. The molecule has 102 valence electrons. The van der Waals surface area contributed by atoms with Crippen molar-refractivity contribution in [2.24, 2.45) is 0 Å². The first-order valence-electron chi connectivity index (χ1n) is 6.31. The SMILES string of the molecule is CN(CCOCCOCCO)Cc1ccccc1. The van der Waals surface area contributed by atoms with Crippen molar-refractivity contribution >= 4 is 0 Å². The third-order valence-corrected chi connectivity index (χ3v) is 2.52. The van der Waals surface area contributed by atoms with Crippen LogP contribution in [0, 0.1) is 0 Å². The van der Waals surface area contributed by atoms with Gasteiger partial charge >= 0.3 is 0 Å². The van der Waals surface area contributed by atoms with Crippen LogP contribution in [0.5, 0.6) is 0 Å². The Morgan fingerprint density at radius 2 is 1.67 bits per heavy atom. The van der Waals surface area contributed by atoms with E-state index >= 15 is 0 Å². The molecule has 0 saturated heterocycles. The summed E-state index contributed by atoms with van der Waals surface area (Å²) in [5, 5.41) is 8.51. The quantitative estimate of drug-likeness (QED) is 0.635. The van der Waals surface area contributed by atoms with Crippen LogP contribution in [-0.2, 0) is 16.0 Å². The molecule has 0 aliphatic heterocycles. The van der Waals surface area contributed by atoms with Crippen LogP contribution >= 0.6 is 0 Å². The highest BCUT2D eigenvalue weighted by atomic mass is 16.5. The average molecular weight is 253 g/mol. The lowest BCUT2D eigenvalue weighted by atomic mass is 10.2. The van der Waals surface area contributed by atoms with Crippen LogP contribution in [0.1, 0.15) is 5.56 Å². The van der Waals surface area contributed by atoms with Crippen molar-refractivity contribution in [1.82, 2.24) is 4.90 Å². The van der Waals surface area contributed by atoms with E-state index in [1.165, 1.54) is 5.56 Å². The lowest BCUT2D eigenvalue weighted by Gasteiger charge is -2.16. The van der Waals surface area contributed by atoms with E-state index < -0.39 is 0 Å². The Kier molecular flexibility index (Phi) is 8.42. The summed E-state index contributed by atoms with van der Waals surface area (Å²) < 4.78 is 10.5. The monoisotopic (exact) mass is 253 g/mol. The zero-order valence-electron chi connectivity index (χ0n) is 11.0. The van der Waals surface area contributed by atoms with Crippen LogP contribution in [0.3, 0.4) is 0 Å². The lowest BCUT2D eigenvalue weighted by molar-refractivity contribution is 0.0278. The minimum absolute atomic E-state index is 0.0693. The zero-order chi connectivity index (χ0) is 13.1. The average Bonchev–Trinajstić information content (AvgIpc) is 2.39. The van der Waals surface area contributed by atoms with Gasteiger partial charge in [-0.25, -0.2) is 0 Å². The summed E-state index contributed by atoms with van der Waals surface area (Å²) in [6, 6.07) is 10.4. The van der Waals surface area contributed by atoms with Crippen LogP contribution in [0.4, 0.5) is 0 Å². The van der Waals surface area contributed by atoms with Crippen LogP contribution in [0.2, 0.25) is 0 Å². The van der Waals surface area contributed by atoms with E-state index in [1.807, 2.05) is 6.07 Å². The first kappa shape index (κ1) is 15.1. The molecule has 18 heavy (non-hydrogen) atoms. The van der Waals surface area contributed by atoms with E-state index in [4.69, 9.17) is 14.6 Å². The van der Waals surface area contributed by atoms with E-state index in [-0.39, 0.29) is 6.61 Å². The van der Waals surface area contributed by atoms with Gasteiger partial charge in [0.05, 0.1) is 33.0 Å². The number of rotatable bonds is 10. The van der Waals surface area contributed by atoms with Crippen molar-refractivity contribution in [1.29, 1.82) is 0 Å². The molecule has 4 nitrogen and oxygen atoms in total. The first-order valence-corrected chi connectivity index (χ1v) is 6.31. The van der Waals surface area contributed by atoms with Crippen LogP contribution in [-0.4, -0.2) is 56.6 Å². The maximum atomic E-state index is 8.51. The van der Waals surface area contributed by atoms with Gasteiger partial charge in [0.2, 0.25) is 0 Å². The Hall–Kier alpha value is -0.940. The van der Waals surface area contributed by atoms with Crippen molar-refractivity contribution in [2.45, 2.75) is 6.54 Å². The second-order valence-electron chi connectivity index (χ2n) is 4.17. The third kappa shape index (κ3) is 7.40. The summed E-state index contributed by atoms with van der Waals surface area (Å²) in [5.74, 6) is 0. The van der Waals surface area contributed by atoms with Gasteiger partial charge in [-0.3, -0.25) is 4.90 Å². The minimum Gasteiger partial charge on any atom is -0.394 e. The third-order valence-electron chi connectivity index (χ3n) is 2.52. The van der Waals surface area contributed by atoms with Crippen LogP contribution < -0.4 is 0 Å². The summed E-state index contributed by atoms with van der Waals surface area (Å²) in [6.45, 7) is 4.12. The van der Waals surface area contributed by atoms with Crippen molar-refractivity contribution in [3.8, 4) is 0 Å². The van der Waals surface area contributed by atoms with Crippen LogP contribution in [0.25, 0.3) is 0 Å². The number of aliphatic hydroxyl groups excluding tert-OH is 1. The Morgan fingerprint density at radius 3 is 2.33 bits per heavy atom. The molecule has 1 N–H and O–H groups in total. The highest BCUT2D eigenvalue weighted by molar-refractivity contribution is 5.14. The number of benzene rings is 1. The van der Waals surface area contributed by atoms with E-state index in [2.05, 4.69) is 36.2 Å². The number of hydrogen-bond acceptors (Lipinski definition) is 4. The topological polar surface area (TPSA) is 41.9 Å². The van der Waals surface area contributed by atoms with Gasteiger partial charge in [0.15, 0.2) is 0 Å². The van der Waals surface area contributed by atoms with Crippen molar-refractivity contribution < 1.29 is 14.6 Å². The fourth-order valence-corrected chi connectivity index (χ4v) is 1.58. The van der Waals surface area contributed by atoms with Gasteiger partial charge in [0.1, 0.15) is 0 Å². The smallest absolute Gasteiger partial charge is 0.0701 e. The standard InChI is InChI=1S/C14H23NO3/c1-15(13-14-5-3-2-4-6-14)7-9-17-11-12-18-10-8-16/h2-6,16H,7-13H2,1H3. The normalized spacial score (nSPS) is 11.1. The predicted octanol–water partition coefficient (Wildman–Crippen LogP) is 1.14. The molecule has 1 aromatic rings. The van der Waals surface area contributed by atoms with E-state index in [1.54, 1.807) is 0 Å². The Labute approximate surface area is 109 Å². The predicted molar refractivity (Wildman–Crippen MR) is 71.5 cm³/mol. The summed E-state index contributed by atoms with van der Waals surface area (Å²) in [7, 11) is 2.08. The summed E-state index contributed by atoms with van der Waals surface area (Å²) in [4.78, 5) is 2.23. The van der Waals surface area contributed by atoms with E-state index in [0.717, 1.165) is 13.1 Å². The number of ether oxygens (including phenoxy) is 2. The molecule has 0 fully saturated rings. The minimum atomic E-state index is 0.0693. The Morgan fingerprint density at radius 1 is 1.00 bits per heavy atom. The molecule has 0 unspecified atom stereocenters. The fraction of sp³-hybridized carbons (Fsp3) is 0.571. The molecule has 0 saturated carbocycles. The molecule has 0 aliphatic rings. The van der Waals surface area contributed by atoms with Crippen molar-refractivity contribution in [3.63, 3.8) is 0 Å². The summed E-state index contributed by atoms with van der Waals surface area (Å²) >= 11 is 0. The Balaban J connectivity index is 1.99. The number of nitrogens with zero attached hydrogens (tertiary/aromatic N) is 1. The molecule has 1 rings (SSSR count). The van der Waals surface area contributed by atoms with Gasteiger partial charge in [-0.15, -0.1) is 0 Å². The maximum Gasteiger partial charge on any atom is 0.0701 e. The number of likely N-dealkylation sites (N-methyl/N-ethyl adjacent to an activating group) is 1. The largest absolute Gasteiger partial charge is 0.394 e. The highest BCUT2D eigenvalue weighted by Crippen LogP contribution is 2.01. The van der Waals surface area contributed by atoms with Gasteiger partial charge in [-0.2, -0.15) is 0 Å². The van der Waals surface area contributed by atoms with E-state index in [9.17, 15) is 0 Å². The molecule has 0 aliphatic carbocycles.